The second-order valence-electron chi connectivity index (χ2n) is 5.86. The van der Waals surface area contributed by atoms with Gasteiger partial charge in [0.05, 0.1) is 5.56 Å². The van der Waals surface area contributed by atoms with Crippen LogP contribution >= 0.6 is 15.9 Å². The molecule has 0 spiro atoms. The normalized spacial score (nSPS) is 21.0. The third-order valence-electron chi connectivity index (χ3n) is 4.62. The Labute approximate surface area is 133 Å². The first-order chi connectivity index (χ1) is 10.2. The van der Waals surface area contributed by atoms with Gasteiger partial charge in [-0.3, -0.25) is 9.69 Å². The molecule has 3 rings (SSSR count). The Bertz CT molecular complexity index is 503. The van der Waals surface area contributed by atoms with Gasteiger partial charge in [0.2, 0.25) is 0 Å². The SMILES string of the molecule is O=C(c1c(F)cccc1Br)N1CCN(C2CCCC2)CC1. The maximum atomic E-state index is 13.9. The summed E-state index contributed by atoms with van der Waals surface area (Å²) in [6, 6.07) is 5.36. The lowest BCUT2D eigenvalue weighted by molar-refractivity contribution is 0.0568. The Morgan fingerprint density at radius 2 is 1.81 bits per heavy atom. The summed E-state index contributed by atoms with van der Waals surface area (Å²) in [4.78, 5) is 16.8. The maximum Gasteiger partial charge on any atom is 0.258 e. The van der Waals surface area contributed by atoms with Crippen LogP contribution in [0.2, 0.25) is 0 Å². The van der Waals surface area contributed by atoms with Crippen molar-refractivity contribution in [1.82, 2.24) is 9.80 Å². The van der Waals surface area contributed by atoms with E-state index in [9.17, 15) is 9.18 Å². The lowest BCUT2D eigenvalue weighted by Gasteiger charge is -2.38. The number of benzene rings is 1. The van der Waals surface area contributed by atoms with E-state index in [0.717, 1.165) is 13.1 Å². The van der Waals surface area contributed by atoms with Crippen LogP contribution in [0.3, 0.4) is 0 Å². The monoisotopic (exact) mass is 354 g/mol. The fraction of sp³-hybridized carbons (Fsp3) is 0.562. The summed E-state index contributed by atoms with van der Waals surface area (Å²) in [7, 11) is 0. The van der Waals surface area contributed by atoms with Crippen LogP contribution in [0.5, 0.6) is 0 Å². The fourth-order valence-electron chi connectivity index (χ4n) is 3.42. The molecule has 2 fully saturated rings. The summed E-state index contributed by atoms with van der Waals surface area (Å²) in [5.74, 6) is -0.654. The molecule has 5 heteroatoms. The summed E-state index contributed by atoms with van der Waals surface area (Å²) >= 11 is 3.28. The number of hydrogen-bond donors (Lipinski definition) is 0. The molecule has 0 radical (unpaired) electrons. The molecular weight excluding hydrogens is 335 g/mol. The number of carbonyl (C=O) groups excluding carboxylic acids is 1. The van der Waals surface area contributed by atoms with Crippen molar-refractivity contribution in [1.29, 1.82) is 0 Å². The first-order valence-corrected chi connectivity index (χ1v) is 8.43. The van der Waals surface area contributed by atoms with Crippen LogP contribution in [-0.4, -0.2) is 47.9 Å². The van der Waals surface area contributed by atoms with Gasteiger partial charge in [0, 0.05) is 36.7 Å². The van der Waals surface area contributed by atoms with Gasteiger partial charge in [-0.25, -0.2) is 4.39 Å². The molecule has 0 N–H and O–H groups in total. The van der Waals surface area contributed by atoms with Crippen molar-refractivity contribution in [2.75, 3.05) is 26.2 Å². The van der Waals surface area contributed by atoms with E-state index < -0.39 is 5.82 Å². The van der Waals surface area contributed by atoms with Gasteiger partial charge in [0.25, 0.3) is 5.91 Å². The molecule has 1 aliphatic carbocycles. The topological polar surface area (TPSA) is 23.6 Å². The van der Waals surface area contributed by atoms with E-state index in [1.54, 1.807) is 17.0 Å². The predicted octanol–water partition coefficient (Wildman–Crippen LogP) is 3.29. The molecular formula is C16H20BrFN2O. The zero-order valence-corrected chi connectivity index (χ0v) is 13.6. The van der Waals surface area contributed by atoms with E-state index in [1.165, 1.54) is 31.7 Å². The van der Waals surface area contributed by atoms with Gasteiger partial charge >= 0.3 is 0 Å². The molecule has 1 saturated carbocycles. The number of amides is 1. The van der Waals surface area contributed by atoms with Crippen LogP contribution in [0, 0.1) is 5.82 Å². The van der Waals surface area contributed by atoms with Crippen molar-refractivity contribution >= 4 is 21.8 Å². The molecule has 1 aromatic rings. The standard InChI is InChI=1S/C16H20BrFN2O/c17-13-6-3-7-14(18)15(13)16(21)20-10-8-19(9-11-20)12-4-1-2-5-12/h3,6-7,12H,1-2,4-5,8-11H2. The second kappa shape index (κ2) is 6.44. The Morgan fingerprint density at radius 1 is 1.14 bits per heavy atom. The van der Waals surface area contributed by atoms with Crippen molar-refractivity contribution < 1.29 is 9.18 Å². The summed E-state index contributed by atoms with van der Waals surface area (Å²) in [5.41, 5.74) is 0.159. The molecule has 1 aromatic carbocycles. The minimum absolute atomic E-state index is 0.159. The predicted molar refractivity (Wildman–Crippen MR) is 83.8 cm³/mol. The Balaban J connectivity index is 1.65. The number of rotatable bonds is 2. The van der Waals surface area contributed by atoms with Crippen molar-refractivity contribution in [2.24, 2.45) is 0 Å². The molecule has 1 amide bonds. The summed E-state index contributed by atoms with van der Waals surface area (Å²) < 4.78 is 14.4. The van der Waals surface area contributed by atoms with E-state index in [2.05, 4.69) is 20.8 Å². The van der Waals surface area contributed by atoms with Crippen LogP contribution in [0.25, 0.3) is 0 Å². The molecule has 1 heterocycles. The van der Waals surface area contributed by atoms with Gasteiger partial charge in [0.1, 0.15) is 5.82 Å². The molecule has 3 nitrogen and oxygen atoms in total. The van der Waals surface area contributed by atoms with Crippen molar-refractivity contribution in [3.05, 3.63) is 34.1 Å². The minimum atomic E-state index is -0.451. The van der Waals surface area contributed by atoms with E-state index in [4.69, 9.17) is 0 Å². The van der Waals surface area contributed by atoms with Crippen LogP contribution < -0.4 is 0 Å². The minimum Gasteiger partial charge on any atom is -0.336 e. The van der Waals surface area contributed by atoms with Crippen molar-refractivity contribution in [2.45, 2.75) is 31.7 Å². The highest BCUT2D eigenvalue weighted by Crippen LogP contribution is 2.26. The van der Waals surface area contributed by atoms with Gasteiger partial charge in [-0.1, -0.05) is 18.9 Å². The molecule has 0 bridgehead atoms. The Kier molecular flexibility index (Phi) is 4.60. The number of piperazine rings is 1. The number of carbonyl (C=O) groups is 1. The Morgan fingerprint density at radius 3 is 2.43 bits per heavy atom. The van der Waals surface area contributed by atoms with E-state index in [-0.39, 0.29) is 11.5 Å². The highest BCUT2D eigenvalue weighted by atomic mass is 79.9. The van der Waals surface area contributed by atoms with Crippen LogP contribution in [0.4, 0.5) is 4.39 Å². The maximum absolute atomic E-state index is 13.9. The van der Waals surface area contributed by atoms with Crippen LogP contribution in [0.15, 0.2) is 22.7 Å². The first kappa shape index (κ1) is 15.0. The average molecular weight is 355 g/mol. The first-order valence-electron chi connectivity index (χ1n) is 7.64. The van der Waals surface area contributed by atoms with Gasteiger partial charge in [-0.05, 0) is 40.9 Å². The number of halogens is 2. The van der Waals surface area contributed by atoms with Gasteiger partial charge in [-0.2, -0.15) is 0 Å². The molecule has 114 valence electrons. The highest BCUT2D eigenvalue weighted by molar-refractivity contribution is 9.10. The molecule has 0 atom stereocenters. The van der Waals surface area contributed by atoms with Gasteiger partial charge < -0.3 is 4.90 Å². The number of hydrogen-bond acceptors (Lipinski definition) is 2. The van der Waals surface area contributed by atoms with Crippen molar-refractivity contribution in [3.8, 4) is 0 Å². The summed E-state index contributed by atoms with van der Waals surface area (Å²) in [6.45, 7) is 3.19. The largest absolute Gasteiger partial charge is 0.336 e. The van der Waals surface area contributed by atoms with E-state index in [1.807, 2.05) is 0 Å². The van der Waals surface area contributed by atoms with Gasteiger partial charge in [-0.15, -0.1) is 0 Å². The molecule has 2 aliphatic rings. The lowest BCUT2D eigenvalue weighted by atomic mass is 10.1. The quantitative estimate of drug-likeness (QED) is 0.813. The zero-order chi connectivity index (χ0) is 14.8. The average Bonchev–Trinajstić information content (AvgIpc) is 3.01. The number of nitrogens with zero attached hydrogens (tertiary/aromatic N) is 2. The van der Waals surface area contributed by atoms with E-state index in [0.29, 0.717) is 23.6 Å². The van der Waals surface area contributed by atoms with Crippen molar-refractivity contribution in [3.63, 3.8) is 0 Å². The Hall–Kier alpha value is -0.940. The third-order valence-corrected chi connectivity index (χ3v) is 5.28. The zero-order valence-electron chi connectivity index (χ0n) is 12.0. The fourth-order valence-corrected chi connectivity index (χ4v) is 3.93. The molecule has 21 heavy (non-hydrogen) atoms. The van der Waals surface area contributed by atoms with Gasteiger partial charge in [0.15, 0.2) is 0 Å². The lowest BCUT2D eigenvalue weighted by Crippen LogP contribution is -2.51. The molecule has 1 aliphatic heterocycles. The molecule has 0 unspecified atom stereocenters. The highest BCUT2D eigenvalue weighted by Gasteiger charge is 2.29. The smallest absolute Gasteiger partial charge is 0.258 e. The summed E-state index contributed by atoms with van der Waals surface area (Å²) in [6.07, 6.45) is 5.22. The summed E-state index contributed by atoms with van der Waals surface area (Å²) in [5, 5.41) is 0. The van der Waals surface area contributed by atoms with E-state index >= 15 is 0 Å². The second-order valence-corrected chi connectivity index (χ2v) is 6.72. The van der Waals surface area contributed by atoms with Crippen LogP contribution in [-0.2, 0) is 0 Å². The molecule has 0 aromatic heterocycles. The third kappa shape index (κ3) is 3.14. The molecule has 1 saturated heterocycles. The van der Waals surface area contributed by atoms with Crippen LogP contribution in [0.1, 0.15) is 36.0 Å².